The van der Waals surface area contributed by atoms with Crippen LogP contribution >= 0.6 is 0 Å². The van der Waals surface area contributed by atoms with E-state index >= 15 is 0 Å². The van der Waals surface area contributed by atoms with Crippen molar-refractivity contribution in [3.05, 3.63) is 17.0 Å². The Bertz CT molecular complexity index is 705. The standard InChI is InChI=1S/C18H25N3O4/c1-2-21-15-5-8-20(10-12(15)14(11-22)19-21)17(24)13-9-16(23)25-18(13)6-3-4-7-18/h13,22H,2-11H2,1H3/t13-/m1/s1. The number of rotatable bonds is 3. The second-order valence-electron chi connectivity index (χ2n) is 7.36. The van der Waals surface area contributed by atoms with Gasteiger partial charge in [0.25, 0.3) is 0 Å². The molecular formula is C18H25N3O4. The zero-order chi connectivity index (χ0) is 17.6. The van der Waals surface area contributed by atoms with Gasteiger partial charge in [-0.25, -0.2) is 0 Å². The van der Waals surface area contributed by atoms with Gasteiger partial charge in [0, 0.05) is 37.3 Å². The molecule has 0 unspecified atom stereocenters. The lowest BCUT2D eigenvalue weighted by atomic mass is 9.84. The third-order valence-electron chi connectivity index (χ3n) is 6.05. The number of ether oxygens (including phenoxy) is 1. The zero-order valence-electron chi connectivity index (χ0n) is 14.7. The predicted octanol–water partition coefficient (Wildman–Crippen LogP) is 1.16. The van der Waals surface area contributed by atoms with Crippen molar-refractivity contribution in [1.82, 2.24) is 14.7 Å². The first-order valence-corrected chi connectivity index (χ1v) is 9.27. The van der Waals surface area contributed by atoms with Crippen molar-refractivity contribution in [3.63, 3.8) is 0 Å². The van der Waals surface area contributed by atoms with Crippen LogP contribution < -0.4 is 0 Å². The highest BCUT2D eigenvalue weighted by Gasteiger charge is 2.55. The minimum atomic E-state index is -0.568. The normalized spacial score (nSPS) is 24.6. The number of aromatic nitrogens is 2. The van der Waals surface area contributed by atoms with Gasteiger partial charge in [-0.2, -0.15) is 5.10 Å². The molecule has 7 heteroatoms. The van der Waals surface area contributed by atoms with Gasteiger partial charge in [-0.1, -0.05) is 0 Å². The van der Waals surface area contributed by atoms with Gasteiger partial charge in [0.15, 0.2) is 0 Å². The summed E-state index contributed by atoms with van der Waals surface area (Å²) in [5.74, 6) is -0.581. The van der Waals surface area contributed by atoms with Gasteiger partial charge in [0.05, 0.1) is 24.6 Å². The van der Waals surface area contributed by atoms with E-state index in [0.717, 1.165) is 49.9 Å². The van der Waals surface area contributed by atoms with Gasteiger partial charge in [-0.15, -0.1) is 0 Å². The molecule has 2 aliphatic heterocycles. The second kappa shape index (κ2) is 6.12. The zero-order valence-corrected chi connectivity index (χ0v) is 14.7. The molecule has 1 amide bonds. The molecule has 1 saturated heterocycles. The maximum absolute atomic E-state index is 13.2. The van der Waals surface area contributed by atoms with Gasteiger partial charge < -0.3 is 14.7 Å². The van der Waals surface area contributed by atoms with Crippen molar-refractivity contribution < 1.29 is 19.4 Å². The van der Waals surface area contributed by atoms with Gasteiger partial charge in [-0.05, 0) is 32.6 Å². The van der Waals surface area contributed by atoms with Crippen LogP contribution in [0.15, 0.2) is 0 Å². The minimum Gasteiger partial charge on any atom is -0.458 e. The van der Waals surface area contributed by atoms with Crippen LogP contribution in [0.1, 0.15) is 56.0 Å². The highest BCUT2D eigenvalue weighted by Crippen LogP contribution is 2.46. The molecular weight excluding hydrogens is 322 g/mol. The summed E-state index contributed by atoms with van der Waals surface area (Å²) in [4.78, 5) is 26.9. The lowest BCUT2D eigenvalue weighted by Crippen LogP contribution is -2.46. The summed E-state index contributed by atoms with van der Waals surface area (Å²) in [6.07, 6.45) is 4.55. The van der Waals surface area contributed by atoms with Crippen molar-refractivity contribution in [2.75, 3.05) is 6.54 Å². The molecule has 1 N–H and O–H groups in total. The first-order valence-electron chi connectivity index (χ1n) is 9.27. The number of hydrogen-bond donors (Lipinski definition) is 1. The summed E-state index contributed by atoms with van der Waals surface area (Å²) in [5.41, 5.74) is 2.17. The number of nitrogens with zero attached hydrogens (tertiary/aromatic N) is 3. The van der Waals surface area contributed by atoms with E-state index in [0.29, 0.717) is 18.8 Å². The fraction of sp³-hybridized carbons (Fsp3) is 0.722. The van der Waals surface area contributed by atoms with Crippen molar-refractivity contribution >= 4 is 11.9 Å². The predicted molar refractivity (Wildman–Crippen MR) is 88.3 cm³/mol. The summed E-state index contributed by atoms with van der Waals surface area (Å²) in [6.45, 7) is 3.75. The van der Waals surface area contributed by atoms with E-state index in [9.17, 15) is 14.7 Å². The molecule has 1 aliphatic carbocycles. The molecule has 4 rings (SSSR count). The molecule has 136 valence electrons. The number of hydrogen-bond acceptors (Lipinski definition) is 5. The Morgan fingerprint density at radius 1 is 1.40 bits per heavy atom. The molecule has 1 aromatic rings. The Morgan fingerprint density at radius 3 is 2.84 bits per heavy atom. The van der Waals surface area contributed by atoms with Gasteiger partial charge in [0.1, 0.15) is 5.60 Å². The smallest absolute Gasteiger partial charge is 0.307 e. The second-order valence-corrected chi connectivity index (χ2v) is 7.36. The number of aryl methyl sites for hydroxylation is 1. The van der Waals surface area contributed by atoms with Gasteiger partial charge in [-0.3, -0.25) is 14.3 Å². The van der Waals surface area contributed by atoms with Crippen LogP contribution in [-0.4, -0.2) is 43.8 Å². The van der Waals surface area contributed by atoms with Crippen molar-refractivity contribution in [2.24, 2.45) is 5.92 Å². The molecule has 1 atom stereocenters. The molecule has 1 aromatic heterocycles. The van der Waals surface area contributed by atoms with Crippen molar-refractivity contribution in [3.8, 4) is 0 Å². The van der Waals surface area contributed by atoms with Crippen LogP contribution in [0.4, 0.5) is 0 Å². The largest absolute Gasteiger partial charge is 0.458 e. The SMILES string of the molecule is CCn1nc(CO)c2c1CCN(C(=O)[C@H]1CC(=O)OC13CCCC3)C2. The average Bonchev–Trinajstić information content (AvgIpc) is 3.31. The first-order chi connectivity index (χ1) is 12.1. The Morgan fingerprint density at radius 2 is 2.16 bits per heavy atom. The van der Waals surface area contributed by atoms with E-state index in [4.69, 9.17) is 4.74 Å². The maximum atomic E-state index is 13.2. The minimum absolute atomic E-state index is 0.0199. The maximum Gasteiger partial charge on any atom is 0.307 e. The number of carbonyl (C=O) groups is 2. The summed E-state index contributed by atoms with van der Waals surface area (Å²) in [7, 11) is 0. The van der Waals surface area contributed by atoms with E-state index in [1.165, 1.54) is 0 Å². The van der Waals surface area contributed by atoms with Crippen LogP contribution in [-0.2, 0) is 40.4 Å². The number of fused-ring (bicyclic) bond motifs is 1. The average molecular weight is 347 g/mol. The Hall–Kier alpha value is -1.89. The molecule has 1 saturated carbocycles. The van der Waals surface area contributed by atoms with E-state index in [2.05, 4.69) is 5.10 Å². The molecule has 3 heterocycles. The van der Waals surface area contributed by atoms with Crippen LogP contribution in [0.5, 0.6) is 0 Å². The molecule has 0 aromatic carbocycles. The Balaban J connectivity index is 1.58. The Labute approximate surface area is 146 Å². The lowest BCUT2D eigenvalue weighted by molar-refractivity contribution is -0.152. The molecule has 0 bridgehead atoms. The molecule has 7 nitrogen and oxygen atoms in total. The Kier molecular flexibility index (Phi) is 4.06. The molecule has 1 spiro atoms. The lowest BCUT2D eigenvalue weighted by Gasteiger charge is -2.34. The first kappa shape index (κ1) is 16.6. The van der Waals surface area contributed by atoms with Crippen LogP contribution in [0.2, 0.25) is 0 Å². The number of carbonyl (C=O) groups excluding carboxylic acids is 2. The number of aliphatic hydroxyl groups excluding tert-OH is 1. The summed E-state index contributed by atoms with van der Waals surface area (Å²) < 4.78 is 7.55. The highest BCUT2D eigenvalue weighted by molar-refractivity contribution is 5.88. The van der Waals surface area contributed by atoms with Crippen LogP contribution in [0.25, 0.3) is 0 Å². The monoisotopic (exact) mass is 347 g/mol. The van der Waals surface area contributed by atoms with E-state index in [1.807, 2.05) is 16.5 Å². The van der Waals surface area contributed by atoms with Gasteiger partial charge in [0.2, 0.25) is 5.91 Å². The molecule has 0 radical (unpaired) electrons. The quantitative estimate of drug-likeness (QED) is 0.830. The summed E-state index contributed by atoms with van der Waals surface area (Å²) >= 11 is 0. The fourth-order valence-corrected chi connectivity index (χ4v) is 4.79. The third-order valence-corrected chi connectivity index (χ3v) is 6.05. The van der Waals surface area contributed by atoms with Gasteiger partial charge >= 0.3 is 5.97 Å². The third kappa shape index (κ3) is 2.56. The highest BCUT2D eigenvalue weighted by atomic mass is 16.6. The summed E-state index contributed by atoms with van der Waals surface area (Å²) in [6, 6.07) is 0. The fourth-order valence-electron chi connectivity index (χ4n) is 4.79. The van der Waals surface area contributed by atoms with Crippen LogP contribution in [0, 0.1) is 5.92 Å². The van der Waals surface area contributed by atoms with E-state index in [1.54, 1.807) is 0 Å². The number of amides is 1. The molecule has 2 fully saturated rings. The van der Waals surface area contributed by atoms with E-state index < -0.39 is 5.60 Å². The molecule has 3 aliphatic rings. The number of aliphatic hydroxyl groups is 1. The van der Waals surface area contributed by atoms with Crippen LogP contribution in [0.3, 0.4) is 0 Å². The summed E-state index contributed by atoms with van der Waals surface area (Å²) in [5, 5.41) is 14.1. The molecule has 25 heavy (non-hydrogen) atoms. The topological polar surface area (TPSA) is 84.7 Å². The number of esters is 1. The van der Waals surface area contributed by atoms with E-state index in [-0.39, 0.29) is 30.8 Å². The van der Waals surface area contributed by atoms with Crippen molar-refractivity contribution in [1.29, 1.82) is 0 Å². The van der Waals surface area contributed by atoms with Crippen molar-refractivity contribution in [2.45, 2.75) is 70.7 Å².